The molecule has 7 heteroatoms. The fourth-order valence-corrected chi connectivity index (χ4v) is 3.56. The Balaban J connectivity index is 1.37. The van der Waals surface area contributed by atoms with Crippen molar-refractivity contribution in [2.75, 3.05) is 13.1 Å². The molecule has 2 aromatic heterocycles. The molecule has 4 rings (SSSR count). The highest BCUT2D eigenvalue weighted by Crippen LogP contribution is 2.20. The molecule has 2 amide bonds. The lowest BCUT2D eigenvalue weighted by Crippen LogP contribution is -2.43. The van der Waals surface area contributed by atoms with Crippen molar-refractivity contribution in [3.05, 3.63) is 76.4 Å². The van der Waals surface area contributed by atoms with Gasteiger partial charge in [0.25, 0.3) is 5.91 Å². The van der Waals surface area contributed by atoms with Gasteiger partial charge in [0.05, 0.1) is 0 Å². The Labute approximate surface area is 167 Å². The molecule has 0 spiro atoms. The van der Waals surface area contributed by atoms with E-state index in [2.05, 4.69) is 10.3 Å². The minimum absolute atomic E-state index is 0.0221. The SMILES string of the molecule is O=C(NCc1cccnc1)C1CCN(C(=O)c2cc3ccccc3oc2=O)CC1. The summed E-state index contributed by atoms with van der Waals surface area (Å²) in [6.45, 7) is 1.29. The van der Waals surface area contributed by atoms with Gasteiger partial charge in [0.15, 0.2) is 0 Å². The number of benzene rings is 1. The lowest BCUT2D eigenvalue weighted by molar-refractivity contribution is -0.126. The van der Waals surface area contributed by atoms with Crippen LogP contribution in [0.4, 0.5) is 0 Å². The second-order valence-electron chi connectivity index (χ2n) is 7.13. The van der Waals surface area contributed by atoms with Crippen LogP contribution in [0.25, 0.3) is 11.0 Å². The number of nitrogens with zero attached hydrogens (tertiary/aromatic N) is 2. The molecule has 3 heterocycles. The predicted octanol–water partition coefficient (Wildman–Crippen LogP) is 2.36. The van der Waals surface area contributed by atoms with Crippen molar-refractivity contribution in [2.24, 2.45) is 5.92 Å². The van der Waals surface area contributed by atoms with Crippen molar-refractivity contribution < 1.29 is 14.0 Å². The minimum Gasteiger partial charge on any atom is -0.422 e. The topological polar surface area (TPSA) is 92.5 Å². The van der Waals surface area contributed by atoms with Gasteiger partial charge >= 0.3 is 5.63 Å². The summed E-state index contributed by atoms with van der Waals surface area (Å²) in [7, 11) is 0. The van der Waals surface area contributed by atoms with Gasteiger partial charge in [-0.15, -0.1) is 0 Å². The van der Waals surface area contributed by atoms with E-state index in [0.29, 0.717) is 43.4 Å². The average Bonchev–Trinajstić information content (AvgIpc) is 2.77. The summed E-state index contributed by atoms with van der Waals surface area (Å²) in [5.74, 6) is -0.520. The van der Waals surface area contributed by atoms with Crippen molar-refractivity contribution in [1.29, 1.82) is 0 Å². The molecule has 0 aliphatic carbocycles. The van der Waals surface area contributed by atoms with E-state index < -0.39 is 5.63 Å². The Bertz CT molecular complexity index is 1090. The van der Waals surface area contributed by atoms with Crippen LogP contribution in [0.5, 0.6) is 0 Å². The number of piperidine rings is 1. The summed E-state index contributed by atoms with van der Waals surface area (Å²) in [5, 5.41) is 3.63. The number of para-hydroxylation sites is 1. The van der Waals surface area contributed by atoms with E-state index in [1.54, 1.807) is 41.6 Å². The molecule has 148 valence electrons. The van der Waals surface area contributed by atoms with E-state index in [-0.39, 0.29) is 23.3 Å². The molecule has 1 aliphatic rings. The molecule has 7 nitrogen and oxygen atoms in total. The van der Waals surface area contributed by atoms with Crippen LogP contribution in [0.2, 0.25) is 0 Å². The van der Waals surface area contributed by atoms with Crippen LogP contribution in [-0.2, 0) is 11.3 Å². The zero-order valence-electron chi connectivity index (χ0n) is 15.8. The number of carbonyl (C=O) groups is 2. The third-order valence-corrected chi connectivity index (χ3v) is 5.21. The predicted molar refractivity (Wildman–Crippen MR) is 107 cm³/mol. The van der Waals surface area contributed by atoms with Crippen molar-refractivity contribution >= 4 is 22.8 Å². The molecule has 0 unspecified atom stereocenters. The number of hydrogen-bond donors (Lipinski definition) is 1. The maximum absolute atomic E-state index is 12.8. The zero-order valence-corrected chi connectivity index (χ0v) is 15.8. The normalized spacial score (nSPS) is 14.7. The standard InChI is InChI=1S/C22H21N3O4/c26-20(24-14-15-4-3-9-23-13-15)16-7-10-25(11-8-16)21(27)18-12-17-5-1-2-6-19(17)29-22(18)28/h1-6,9,12-13,16H,7-8,10-11,14H2,(H,24,26). The Morgan fingerprint density at radius 3 is 2.69 bits per heavy atom. The van der Waals surface area contributed by atoms with Crippen LogP contribution in [0.3, 0.4) is 0 Å². The summed E-state index contributed by atoms with van der Waals surface area (Å²) in [5.41, 5.74) is 0.794. The number of amides is 2. The molecule has 1 fully saturated rings. The van der Waals surface area contributed by atoms with E-state index in [1.165, 1.54) is 0 Å². The van der Waals surface area contributed by atoms with Gasteiger partial charge in [0.1, 0.15) is 11.1 Å². The van der Waals surface area contributed by atoms with E-state index >= 15 is 0 Å². The molecule has 0 saturated carbocycles. The summed E-state index contributed by atoms with van der Waals surface area (Å²) in [6.07, 6.45) is 4.53. The Kier molecular flexibility index (Phi) is 5.37. The Hall–Kier alpha value is -3.48. The minimum atomic E-state index is -0.634. The van der Waals surface area contributed by atoms with Gasteiger partial charge in [0, 0.05) is 43.3 Å². The number of aromatic nitrogens is 1. The van der Waals surface area contributed by atoms with Gasteiger partial charge < -0.3 is 14.6 Å². The first-order valence-corrected chi connectivity index (χ1v) is 9.60. The molecule has 29 heavy (non-hydrogen) atoms. The van der Waals surface area contributed by atoms with Crippen molar-refractivity contribution in [3.8, 4) is 0 Å². The van der Waals surface area contributed by atoms with Crippen LogP contribution in [0.1, 0.15) is 28.8 Å². The fraction of sp³-hybridized carbons (Fsp3) is 0.273. The number of rotatable bonds is 4. The zero-order chi connectivity index (χ0) is 20.2. The first-order valence-electron chi connectivity index (χ1n) is 9.60. The van der Waals surface area contributed by atoms with Gasteiger partial charge in [0.2, 0.25) is 5.91 Å². The summed E-state index contributed by atoms with van der Waals surface area (Å²) < 4.78 is 5.27. The summed E-state index contributed by atoms with van der Waals surface area (Å²) >= 11 is 0. The van der Waals surface area contributed by atoms with Crippen LogP contribution in [0.15, 0.2) is 64.1 Å². The molecule has 1 aromatic carbocycles. The molecule has 1 aliphatic heterocycles. The third-order valence-electron chi connectivity index (χ3n) is 5.21. The van der Waals surface area contributed by atoms with Gasteiger partial charge in [-0.05, 0) is 36.6 Å². The molecule has 1 saturated heterocycles. The van der Waals surface area contributed by atoms with Gasteiger partial charge in [-0.2, -0.15) is 0 Å². The van der Waals surface area contributed by atoms with Gasteiger partial charge in [-0.3, -0.25) is 14.6 Å². The monoisotopic (exact) mass is 391 g/mol. The number of pyridine rings is 1. The van der Waals surface area contributed by atoms with E-state index in [4.69, 9.17) is 4.42 Å². The van der Waals surface area contributed by atoms with Gasteiger partial charge in [-0.25, -0.2) is 4.79 Å². The molecule has 0 radical (unpaired) electrons. The fourth-order valence-electron chi connectivity index (χ4n) is 3.56. The molecule has 1 N–H and O–H groups in total. The summed E-state index contributed by atoms with van der Waals surface area (Å²) in [6, 6.07) is 12.4. The largest absolute Gasteiger partial charge is 0.422 e. The van der Waals surface area contributed by atoms with Crippen LogP contribution in [-0.4, -0.2) is 34.8 Å². The molecular formula is C22H21N3O4. The maximum Gasteiger partial charge on any atom is 0.349 e. The van der Waals surface area contributed by atoms with Gasteiger partial charge in [-0.1, -0.05) is 24.3 Å². The van der Waals surface area contributed by atoms with E-state index in [1.807, 2.05) is 18.2 Å². The molecule has 0 atom stereocenters. The number of nitrogens with one attached hydrogen (secondary N) is 1. The van der Waals surface area contributed by atoms with Crippen LogP contribution >= 0.6 is 0 Å². The van der Waals surface area contributed by atoms with E-state index in [0.717, 1.165) is 5.56 Å². The second kappa shape index (κ2) is 8.26. The van der Waals surface area contributed by atoms with Crippen molar-refractivity contribution in [1.82, 2.24) is 15.2 Å². The lowest BCUT2D eigenvalue weighted by atomic mass is 9.95. The number of fused-ring (bicyclic) bond motifs is 1. The number of hydrogen-bond acceptors (Lipinski definition) is 5. The van der Waals surface area contributed by atoms with E-state index in [9.17, 15) is 14.4 Å². The van der Waals surface area contributed by atoms with Crippen molar-refractivity contribution in [2.45, 2.75) is 19.4 Å². The second-order valence-corrected chi connectivity index (χ2v) is 7.13. The first kappa shape index (κ1) is 18.9. The first-order chi connectivity index (χ1) is 14.1. The smallest absolute Gasteiger partial charge is 0.349 e. The molecule has 3 aromatic rings. The average molecular weight is 391 g/mol. The highest BCUT2D eigenvalue weighted by Gasteiger charge is 2.29. The van der Waals surface area contributed by atoms with Crippen molar-refractivity contribution in [3.63, 3.8) is 0 Å². The van der Waals surface area contributed by atoms with Crippen LogP contribution < -0.4 is 10.9 Å². The highest BCUT2D eigenvalue weighted by molar-refractivity contribution is 5.96. The maximum atomic E-state index is 12.8. The quantitative estimate of drug-likeness (QED) is 0.689. The number of carbonyl (C=O) groups excluding carboxylic acids is 2. The molecule has 0 bridgehead atoms. The molecular weight excluding hydrogens is 370 g/mol. The highest BCUT2D eigenvalue weighted by atomic mass is 16.4. The summed E-state index contributed by atoms with van der Waals surface area (Å²) in [4.78, 5) is 43.1. The lowest BCUT2D eigenvalue weighted by Gasteiger charge is -2.31. The third kappa shape index (κ3) is 4.18. The Morgan fingerprint density at radius 1 is 1.14 bits per heavy atom. The van der Waals surface area contributed by atoms with Crippen LogP contribution in [0, 0.1) is 5.92 Å². The number of likely N-dealkylation sites (tertiary alicyclic amines) is 1. The Morgan fingerprint density at radius 2 is 1.93 bits per heavy atom.